The van der Waals surface area contributed by atoms with Crippen molar-refractivity contribution in [1.29, 1.82) is 0 Å². The number of rotatable bonds is 6. The quantitative estimate of drug-likeness (QED) is 0.602. The third-order valence-electron chi connectivity index (χ3n) is 3.13. The lowest BCUT2D eigenvalue weighted by molar-refractivity contribution is 0.387. The summed E-state index contributed by atoms with van der Waals surface area (Å²) in [5, 5.41) is -0.0944. The van der Waals surface area contributed by atoms with E-state index in [0.29, 0.717) is 0 Å². The van der Waals surface area contributed by atoms with Crippen molar-refractivity contribution in [2.45, 2.75) is 31.7 Å². The molecule has 0 spiro atoms. The molecular weight excluding hydrogens is 260 g/mol. The average Bonchev–Trinajstić information content (AvgIpc) is 2.73. The van der Waals surface area contributed by atoms with Gasteiger partial charge in [0.15, 0.2) is 5.65 Å². The summed E-state index contributed by atoms with van der Waals surface area (Å²) >= 11 is 6.22. The molecule has 0 N–H and O–H groups in total. The second-order valence-electron chi connectivity index (χ2n) is 5.09. The molecule has 19 heavy (non-hydrogen) atoms. The van der Waals surface area contributed by atoms with Crippen molar-refractivity contribution in [2.24, 2.45) is 0 Å². The minimum atomic E-state index is -0.0944. The molecule has 0 aliphatic carbocycles. The van der Waals surface area contributed by atoms with Crippen LogP contribution in [0.3, 0.4) is 0 Å². The molecule has 2 heterocycles. The summed E-state index contributed by atoms with van der Waals surface area (Å²) in [6.45, 7) is 3.98. The molecule has 2 aromatic heterocycles. The lowest BCUT2D eigenvalue weighted by atomic mass is 10.3. The molecule has 0 amide bonds. The number of fused-ring (bicyclic) bond motifs is 1. The van der Waals surface area contributed by atoms with Crippen molar-refractivity contribution in [3.8, 4) is 0 Å². The highest BCUT2D eigenvalue weighted by Gasteiger charge is 2.15. The van der Waals surface area contributed by atoms with Gasteiger partial charge in [0.2, 0.25) is 0 Å². The normalized spacial score (nSPS) is 13.3. The van der Waals surface area contributed by atoms with Gasteiger partial charge >= 0.3 is 0 Å². The van der Waals surface area contributed by atoms with E-state index in [9.17, 15) is 0 Å². The molecule has 2 aromatic rings. The monoisotopic (exact) mass is 280 g/mol. The van der Waals surface area contributed by atoms with Gasteiger partial charge in [-0.3, -0.25) is 0 Å². The number of imidazole rings is 1. The van der Waals surface area contributed by atoms with Crippen molar-refractivity contribution >= 4 is 22.8 Å². The molecule has 0 aromatic carbocycles. The van der Waals surface area contributed by atoms with Crippen LogP contribution in [0.25, 0.3) is 11.2 Å². The maximum atomic E-state index is 6.22. The van der Waals surface area contributed by atoms with Crippen LogP contribution in [0, 0.1) is 0 Å². The smallest absolute Gasteiger partial charge is 0.160 e. The molecular formula is C14H21ClN4. The Kier molecular flexibility index (Phi) is 4.77. The van der Waals surface area contributed by atoms with Gasteiger partial charge in [0.1, 0.15) is 11.3 Å². The second kappa shape index (κ2) is 6.35. The zero-order valence-electron chi connectivity index (χ0n) is 11.8. The van der Waals surface area contributed by atoms with Crippen LogP contribution in [-0.2, 0) is 6.54 Å². The molecule has 1 atom stereocenters. The minimum Gasteiger partial charge on any atom is -0.311 e. The largest absolute Gasteiger partial charge is 0.311 e. The zero-order chi connectivity index (χ0) is 13.8. The van der Waals surface area contributed by atoms with E-state index < -0.39 is 0 Å². The molecule has 4 nitrogen and oxygen atoms in total. The van der Waals surface area contributed by atoms with E-state index in [1.807, 2.05) is 25.3 Å². The Morgan fingerprint density at radius 2 is 2.16 bits per heavy atom. The molecule has 1 unspecified atom stereocenters. The highest BCUT2D eigenvalue weighted by Crippen LogP contribution is 2.23. The van der Waals surface area contributed by atoms with Gasteiger partial charge in [-0.05, 0) is 52.5 Å². The van der Waals surface area contributed by atoms with Crippen LogP contribution in [0.2, 0.25) is 0 Å². The van der Waals surface area contributed by atoms with Crippen LogP contribution in [0.1, 0.15) is 31.0 Å². The van der Waals surface area contributed by atoms with Gasteiger partial charge in [-0.15, -0.1) is 11.6 Å². The third-order valence-corrected chi connectivity index (χ3v) is 3.32. The van der Waals surface area contributed by atoms with Gasteiger partial charge in [0.25, 0.3) is 0 Å². The van der Waals surface area contributed by atoms with Crippen molar-refractivity contribution in [1.82, 2.24) is 19.4 Å². The van der Waals surface area contributed by atoms with Gasteiger partial charge < -0.3 is 9.47 Å². The molecule has 0 fully saturated rings. The highest BCUT2D eigenvalue weighted by atomic mass is 35.5. The third kappa shape index (κ3) is 3.45. The minimum absolute atomic E-state index is 0.0944. The standard InChI is InChI=1S/C14H21ClN4/c1-11(15)13-17-12-7-6-8-16-14(12)19(13)10-5-4-9-18(2)3/h6-8,11H,4-5,9-10H2,1-3H3. The first kappa shape index (κ1) is 14.3. The highest BCUT2D eigenvalue weighted by molar-refractivity contribution is 6.20. The Balaban J connectivity index is 2.17. The van der Waals surface area contributed by atoms with E-state index in [1.54, 1.807) is 0 Å². The Labute approximate surface area is 119 Å². The van der Waals surface area contributed by atoms with Crippen LogP contribution in [0.15, 0.2) is 18.3 Å². The summed E-state index contributed by atoms with van der Waals surface area (Å²) in [6, 6.07) is 3.90. The number of aromatic nitrogens is 3. The van der Waals surface area contributed by atoms with Crippen LogP contribution < -0.4 is 0 Å². The second-order valence-corrected chi connectivity index (χ2v) is 5.75. The number of hydrogen-bond donors (Lipinski definition) is 0. The molecule has 0 aliphatic rings. The lowest BCUT2D eigenvalue weighted by Gasteiger charge is -2.12. The van der Waals surface area contributed by atoms with Gasteiger partial charge in [-0.1, -0.05) is 0 Å². The predicted molar refractivity (Wildman–Crippen MR) is 79.6 cm³/mol. The van der Waals surface area contributed by atoms with Gasteiger partial charge in [0, 0.05) is 12.7 Å². The maximum Gasteiger partial charge on any atom is 0.160 e. The fourth-order valence-electron chi connectivity index (χ4n) is 2.20. The summed E-state index contributed by atoms with van der Waals surface area (Å²) < 4.78 is 2.16. The fraction of sp³-hybridized carbons (Fsp3) is 0.571. The van der Waals surface area contributed by atoms with Crippen LogP contribution in [0.4, 0.5) is 0 Å². The number of alkyl halides is 1. The molecule has 0 bridgehead atoms. The molecule has 0 aliphatic heterocycles. The Hall–Kier alpha value is -1.13. The topological polar surface area (TPSA) is 34.0 Å². The first-order valence-electron chi connectivity index (χ1n) is 6.69. The van der Waals surface area contributed by atoms with Crippen molar-refractivity contribution < 1.29 is 0 Å². The van der Waals surface area contributed by atoms with Crippen molar-refractivity contribution in [3.05, 3.63) is 24.2 Å². The molecule has 5 heteroatoms. The van der Waals surface area contributed by atoms with E-state index >= 15 is 0 Å². The Bertz CT molecular complexity index is 533. The first-order chi connectivity index (χ1) is 9.09. The molecule has 0 radical (unpaired) electrons. The fourth-order valence-corrected chi connectivity index (χ4v) is 2.36. The summed E-state index contributed by atoms with van der Waals surface area (Å²) in [7, 11) is 4.20. The summed E-state index contributed by atoms with van der Waals surface area (Å²) in [6.07, 6.45) is 4.08. The van der Waals surface area contributed by atoms with Crippen molar-refractivity contribution in [2.75, 3.05) is 20.6 Å². The number of pyridine rings is 1. The summed E-state index contributed by atoms with van der Waals surface area (Å²) in [5.41, 5.74) is 1.87. The zero-order valence-corrected chi connectivity index (χ0v) is 12.6. The van der Waals surface area contributed by atoms with E-state index in [2.05, 4.69) is 33.5 Å². The number of aryl methyl sites for hydroxylation is 1. The van der Waals surface area contributed by atoms with E-state index in [4.69, 9.17) is 11.6 Å². The van der Waals surface area contributed by atoms with E-state index in [-0.39, 0.29) is 5.38 Å². The number of unbranched alkanes of at least 4 members (excludes halogenated alkanes) is 1. The molecule has 0 saturated carbocycles. The van der Waals surface area contributed by atoms with E-state index in [1.165, 1.54) is 0 Å². The Morgan fingerprint density at radius 1 is 1.37 bits per heavy atom. The maximum absolute atomic E-state index is 6.22. The number of hydrogen-bond acceptors (Lipinski definition) is 3. The Morgan fingerprint density at radius 3 is 2.84 bits per heavy atom. The van der Waals surface area contributed by atoms with E-state index in [0.717, 1.165) is 42.9 Å². The summed E-state index contributed by atoms with van der Waals surface area (Å²) in [5.74, 6) is 0.917. The van der Waals surface area contributed by atoms with Gasteiger partial charge in [0.05, 0.1) is 5.38 Å². The predicted octanol–water partition coefficient (Wildman–Crippen LogP) is 3.07. The number of halogens is 1. The molecule has 2 rings (SSSR count). The average molecular weight is 281 g/mol. The van der Waals surface area contributed by atoms with Gasteiger partial charge in [-0.2, -0.15) is 0 Å². The SMILES string of the molecule is CC(Cl)c1nc2cccnc2n1CCCCN(C)C. The molecule has 0 saturated heterocycles. The van der Waals surface area contributed by atoms with Crippen LogP contribution in [0.5, 0.6) is 0 Å². The molecule has 104 valence electrons. The van der Waals surface area contributed by atoms with Crippen LogP contribution in [-0.4, -0.2) is 40.1 Å². The number of nitrogens with zero attached hydrogens (tertiary/aromatic N) is 4. The van der Waals surface area contributed by atoms with Crippen molar-refractivity contribution in [3.63, 3.8) is 0 Å². The van der Waals surface area contributed by atoms with Crippen LogP contribution >= 0.6 is 11.6 Å². The lowest BCUT2D eigenvalue weighted by Crippen LogP contribution is -2.14. The van der Waals surface area contributed by atoms with Gasteiger partial charge in [-0.25, -0.2) is 9.97 Å². The first-order valence-corrected chi connectivity index (χ1v) is 7.13. The summed E-state index contributed by atoms with van der Waals surface area (Å²) in [4.78, 5) is 11.2.